The molecule has 3 aromatic carbocycles. The molecule has 0 amide bonds. The van der Waals surface area contributed by atoms with Crippen molar-refractivity contribution >= 4 is 28.5 Å². The number of rotatable bonds is 5. The average molecular weight is 317 g/mol. The lowest BCUT2D eigenvalue weighted by molar-refractivity contribution is -0.135. The van der Waals surface area contributed by atoms with Crippen LogP contribution in [0, 0.1) is 0 Å². The van der Waals surface area contributed by atoms with Crippen molar-refractivity contribution in [2.24, 2.45) is 0 Å². The highest BCUT2D eigenvalue weighted by molar-refractivity contribution is 5.97. The number of carbonyl (C=O) groups excluding carboxylic acids is 1. The SMILES string of the molecule is COC(=O)/C(=C/c1ccccc1)CNc1cccc2ccccc12. The van der Waals surface area contributed by atoms with Crippen molar-refractivity contribution in [1.82, 2.24) is 0 Å². The van der Waals surface area contributed by atoms with Crippen LogP contribution in [0.25, 0.3) is 16.8 Å². The molecule has 1 N–H and O–H groups in total. The minimum absolute atomic E-state index is 0.327. The van der Waals surface area contributed by atoms with Crippen molar-refractivity contribution in [3.8, 4) is 0 Å². The Labute approximate surface area is 141 Å². The summed E-state index contributed by atoms with van der Waals surface area (Å²) in [6.07, 6.45) is 1.85. The van der Waals surface area contributed by atoms with Gasteiger partial charge in [-0.05, 0) is 23.1 Å². The van der Waals surface area contributed by atoms with Crippen LogP contribution >= 0.6 is 0 Å². The first kappa shape index (κ1) is 15.8. The molecule has 24 heavy (non-hydrogen) atoms. The molecule has 0 aliphatic carbocycles. The minimum atomic E-state index is -0.327. The van der Waals surface area contributed by atoms with Crippen LogP contribution in [0.3, 0.4) is 0 Å². The van der Waals surface area contributed by atoms with E-state index in [0.29, 0.717) is 12.1 Å². The summed E-state index contributed by atoms with van der Waals surface area (Å²) in [6.45, 7) is 0.398. The van der Waals surface area contributed by atoms with Crippen LogP contribution in [0.15, 0.2) is 78.4 Å². The normalized spacial score (nSPS) is 11.3. The third-order valence-corrected chi connectivity index (χ3v) is 3.85. The smallest absolute Gasteiger partial charge is 0.335 e. The Kier molecular flexibility index (Phi) is 4.92. The van der Waals surface area contributed by atoms with Gasteiger partial charge in [-0.3, -0.25) is 0 Å². The second-order valence-electron chi connectivity index (χ2n) is 5.45. The van der Waals surface area contributed by atoms with Gasteiger partial charge in [0.2, 0.25) is 0 Å². The van der Waals surface area contributed by atoms with Crippen LogP contribution < -0.4 is 5.32 Å². The summed E-state index contributed by atoms with van der Waals surface area (Å²) in [4.78, 5) is 12.1. The molecule has 3 aromatic rings. The summed E-state index contributed by atoms with van der Waals surface area (Å²) in [6, 6.07) is 24.0. The summed E-state index contributed by atoms with van der Waals surface area (Å²) < 4.78 is 4.91. The van der Waals surface area contributed by atoms with Crippen molar-refractivity contribution in [1.29, 1.82) is 0 Å². The molecule has 3 heteroatoms. The number of methoxy groups -OCH3 is 1. The Bertz CT molecular complexity index is 864. The van der Waals surface area contributed by atoms with Crippen molar-refractivity contribution in [3.05, 3.63) is 83.9 Å². The van der Waals surface area contributed by atoms with E-state index in [0.717, 1.165) is 22.0 Å². The maximum absolute atomic E-state index is 12.1. The monoisotopic (exact) mass is 317 g/mol. The van der Waals surface area contributed by atoms with Gasteiger partial charge >= 0.3 is 5.97 Å². The van der Waals surface area contributed by atoms with E-state index in [2.05, 4.69) is 23.5 Å². The Morgan fingerprint density at radius 2 is 1.67 bits per heavy atom. The summed E-state index contributed by atoms with van der Waals surface area (Å²) in [7, 11) is 1.40. The van der Waals surface area contributed by atoms with E-state index in [-0.39, 0.29) is 5.97 Å². The largest absolute Gasteiger partial charge is 0.466 e. The van der Waals surface area contributed by atoms with E-state index in [4.69, 9.17) is 4.74 Å². The molecule has 0 unspecified atom stereocenters. The second kappa shape index (κ2) is 7.47. The molecule has 0 aliphatic heterocycles. The Morgan fingerprint density at radius 3 is 2.46 bits per heavy atom. The number of carbonyl (C=O) groups is 1. The number of ether oxygens (including phenoxy) is 1. The standard InChI is InChI=1S/C21H19NO2/c1-24-21(23)18(14-16-8-3-2-4-9-16)15-22-20-13-7-11-17-10-5-6-12-19(17)20/h2-14,22H,15H2,1H3/b18-14+. The molecule has 0 atom stereocenters. The van der Waals surface area contributed by atoms with Gasteiger partial charge in [-0.1, -0.05) is 66.7 Å². The first-order valence-electron chi connectivity index (χ1n) is 7.83. The fraction of sp³-hybridized carbons (Fsp3) is 0.0952. The number of hydrogen-bond acceptors (Lipinski definition) is 3. The topological polar surface area (TPSA) is 38.3 Å². The molecule has 0 aromatic heterocycles. The number of benzene rings is 3. The highest BCUT2D eigenvalue weighted by atomic mass is 16.5. The van der Waals surface area contributed by atoms with Crippen LogP contribution in [0.5, 0.6) is 0 Å². The van der Waals surface area contributed by atoms with Crippen LogP contribution in [-0.2, 0) is 9.53 Å². The summed E-state index contributed by atoms with van der Waals surface area (Å²) in [5, 5.41) is 5.64. The first-order chi connectivity index (χ1) is 11.8. The molecular weight excluding hydrogens is 298 g/mol. The van der Waals surface area contributed by atoms with Crippen LogP contribution in [0.4, 0.5) is 5.69 Å². The zero-order valence-corrected chi connectivity index (χ0v) is 13.5. The highest BCUT2D eigenvalue weighted by Crippen LogP contribution is 2.23. The summed E-state index contributed by atoms with van der Waals surface area (Å²) in [5.41, 5.74) is 2.55. The summed E-state index contributed by atoms with van der Waals surface area (Å²) in [5.74, 6) is -0.327. The van der Waals surface area contributed by atoms with E-state index >= 15 is 0 Å². The molecule has 0 bridgehead atoms. The molecule has 0 saturated heterocycles. The minimum Gasteiger partial charge on any atom is -0.466 e. The van der Waals surface area contributed by atoms with E-state index < -0.39 is 0 Å². The van der Waals surface area contributed by atoms with Gasteiger partial charge < -0.3 is 10.1 Å². The molecule has 0 fully saturated rings. The van der Waals surface area contributed by atoms with Gasteiger partial charge in [-0.2, -0.15) is 0 Å². The molecule has 0 heterocycles. The zero-order valence-electron chi connectivity index (χ0n) is 13.5. The average Bonchev–Trinajstić information content (AvgIpc) is 2.65. The number of esters is 1. The van der Waals surface area contributed by atoms with Crippen molar-refractivity contribution < 1.29 is 9.53 Å². The molecular formula is C21H19NO2. The Morgan fingerprint density at radius 1 is 0.958 bits per heavy atom. The number of fused-ring (bicyclic) bond motifs is 1. The van der Waals surface area contributed by atoms with Gasteiger partial charge in [0.25, 0.3) is 0 Å². The van der Waals surface area contributed by atoms with Gasteiger partial charge in [-0.15, -0.1) is 0 Å². The van der Waals surface area contributed by atoms with E-state index in [9.17, 15) is 4.79 Å². The first-order valence-corrected chi connectivity index (χ1v) is 7.83. The Hall–Kier alpha value is -3.07. The number of anilines is 1. The maximum atomic E-state index is 12.1. The van der Waals surface area contributed by atoms with Crippen LogP contribution in [-0.4, -0.2) is 19.6 Å². The quantitative estimate of drug-likeness (QED) is 0.556. The third-order valence-electron chi connectivity index (χ3n) is 3.85. The molecule has 0 radical (unpaired) electrons. The molecule has 0 saturated carbocycles. The lowest BCUT2D eigenvalue weighted by Gasteiger charge is -2.11. The predicted molar refractivity (Wildman–Crippen MR) is 98.9 cm³/mol. The van der Waals surface area contributed by atoms with E-state index in [1.807, 2.05) is 60.7 Å². The fourth-order valence-corrected chi connectivity index (χ4v) is 2.63. The second-order valence-corrected chi connectivity index (χ2v) is 5.45. The Balaban J connectivity index is 1.86. The highest BCUT2D eigenvalue weighted by Gasteiger charge is 2.10. The third kappa shape index (κ3) is 3.63. The van der Waals surface area contributed by atoms with E-state index in [1.165, 1.54) is 7.11 Å². The molecule has 0 spiro atoms. The molecule has 120 valence electrons. The zero-order chi connectivity index (χ0) is 16.8. The van der Waals surface area contributed by atoms with Gasteiger partial charge in [-0.25, -0.2) is 4.79 Å². The fourth-order valence-electron chi connectivity index (χ4n) is 2.63. The van der Waals surface area contributed by atoms with E-state index in [1.54, 1.807) is 0 Å². The van der Waals surface area contributed by atoms with Crippen LogP contribution in [0.1, 0.15) is 5.56 Å². The van der Waals surface area contributed by atoms with Gasteiger partial charge in [0.15, 0.2) is 0 Å². The van der Waals surface area contributed by atoms with Crippen LogP contribution in [0.2, 0.25) is 0 Å². The van der Waals surface area contributed by atoms with Crippen molar-refractivity contribution in [2.45, 2.75) is 0 Å². The number of nitrogens with one attached hydrogen (secondary N) is 1. The molecule has 3 nitrogen and oxygen atoms in total. The van der Waals surface area contributed by atoms with Crippen molar-refractivity contribution in [3.63, 3.8) is 0 Å². The maximum Gasteiger partial charge on any atom is 0.335 e. The van der Waals surface area contributed by atoms with Gasteiger partial charge in [0.05, 0.1) is 12.7 Å². The van der Waals surface area contributed by atoms with Gasteiger partial charge in [0, 0.05) is 17.6 Å². The predicted octanol–water partition coefficient (Wildman–Crippen LogP) is 4.51. The number of hydrogen-bond donors (Lipinski definition) is 1. The molecule has 0 aliphatic rings. The van der Waals surface area contributed by atoms with Crippen molar-refractivity contribution in [2.75, 3.05) is 19.0 Å². The summed E-state index contributed by atoms with van der Waals surface area (Å²) >= 11 is 0. The lowest BCUT2D eigenvalue weighted by Crippen LogP contribution is -2.14. The lowest BCUT2D eigenvalue weighted by atomic mass is 10.1. The van der Waals surface area contributed by atoms with Gasteiger partial charge in [0.1, 0.15) is 0 Å². The molecule has 3 rings (SSSR count).